The molecular formula is C12H22N2O2. The van der Waals surface area contributed by atoms with Crippen LogP contribution in [-0.4, -0.2) is 30.8 Å². The molecule has 2 unspecified atom stereocenters. The van der Waals surface area contributed by atoms with Crippen LogP contribution < -0.4 is 10.6 Å². The maximum absolute atomic E-state index is 11.5. The molecule has 4 nitrogen and oxygen atoms in total. The Labute approximate surface area is 97.1 Å². The van der Waals surface area contributed by atoms with Crippen molar-refractivity contribution in [2.75, 3.05) is 13.1 Å². The van der Waals surface area contributed by atoms with Crippen molar-refractivity contribution in [2.45, 2.75) is 51.7 Å². The molecule has 0 spiro atoms. The number of ether oxygens (including phenoxy) is 1. The molecule has 2 aliphatic rings. The van der Waals surface area contributed by atoms with E-state index in [0.29, 0.717) is 11.5 Å². The summed E-state index contributed by atoms with van der Waals surface area (Å²) in [6, 6.07) is 0.681. The summed E-state index contributed by atoms with van der Waals surface area (Å²) in [5, 5.41) is 6.38. The monoisotopic (exact) mass is 226 g/mol. The average molecular weight is 226 g/mol. The predicted octanol–water partition coefficient (Wildman–Crippen LogP) is 1.65. The van der Waals surface area contributed by atoms with Crippen LogP contribution >= 0.6 is 0 Å². The fourth-order valence-electron chi connectivity index (χ4n) is 2.70. The zero-order valence-electron chi connectivity index (χ0n) is 10.4. The van der Waals surface area contributed by atoms with Crippen LogP contribution in [0.5, 0.6) is 0 Å². The zero-order chi connectivity index (χ0) is 11.8. The summed E-state index contributed by atoms with van der Waals surface area (Å²) in [4.78, 5) is 11.5. The predicted molar refractivity (Wildman–Crippen MR) is 62.3 cm³/mol. The van der Waals surface area contributed by atoms with E-state index >= 15 is 0 Å². The second-order valence-corrected chi connectivity index (χ2v) is 6.18. The second kappa shape index (κ2) is 3.91. The molecule has 16 heavy (non-hydrogen) atoms. The number of carbonyl (C=O) groups is 1. The Balaban J connectivity index is 1.77. The van der Waals surface area contributed by atoms with Gasteiger partial charge in [-0.1, -0.05) is 0 Å². The molecule has 2 N–H and O–H groups in total. The zero-order valence-corrected chi connectivity index (χ0v) is 10.4. The van der Waals surface area contributed by atoms with Gasteiger partial charge in [-0.15, -0.1) is 0 Å². The van der Waals surface area contributed by atoms with Gasteiger partial charge < -0.3 is 15.4 Å². The molecule has 1 aliphatic heterocycles. The number of alkyl carbamates (subject to hydrolysis) is 1. The Morgan fingerprint density at radius 3 is 2.75 bits per heavy atom. The molecule has 2 atom stereocenters. The van der Waals surface area contributed by atoms with Crippen LogP contribution in [0.15, 0.2) is 0 Å². The van der Waals surface area contributed by atoms with E-state index in [-0.39, 0.29) is 6.09 Å². The van der Waals surface area contributed by atoms with Gasteiger partial charge in [-0.2, -0.15) is 0 Å². The van der Waals surface area contributed by atoms with Crippen molar-refractivity contribution in [2.24, 2.45) is 5.41 Å². The molecule has 2 fully saturated rings. The highest BCUT2D eigenvalue weighted by Crippen LogP contribution is 2.42. The number of piperidine rings is 1. The molecule has 2 rings (SSSR count). The fraction of sp³-hybridized carbons (Fsp3) is 0.917. The number of carbonyl (C=O) groups excluding carboxylic acids is 1. The van der Waals surface area contributed by atoms with Crippen molar-refractivity contribution >= 4 is 6.09 Å². The third-order valence-electron chi connectivity index (χ3n) is 3.47. The summed E-state index contributed by atoms with van der Waals surface area (Å²) < 4.78 is 5.23. The number of amides is 1. The Kier molecular flexibility index (Phi) is 2.86. The first-order chi connectivity index (χ1) is 7.39. The van der Waals surface area contributed by atoms with E-state index in [1.807, 2.05) is 20.8 Å². The van der Waals surface area contributed by atoms with Crippen molar-refractivity contribution in [3.05, 3.63) is 0 Å². The van der Waals surface area contributed by atoms with E-state index in [1.54, 1.807) is 0 Å². The fourth-order valence-corrected chi connectivity index (χ4v) is 2.70. The van der Waals surface area contributed by atoms with Gasteiger partial charge in [0.1, 0.15) is 5.60 Å². The van der Waals surface area contributed by atoms with Gasteiger partial charge in [-0.25, -0.2) is 4.79 Å². The number of hydrogen-bond acceptors (Lipinski definition) is 3. The van der Waals surface area contributed by atoms with Crippen LogP contribution in [0.4, 0.5) is 4.79 Å². The van der Waals surface area contributed by atoms with Gasteiger partial charge in [-0.3, -0.25) is 0 Å². The summed E-state index contributed by atoms with van der Waals surface area (Å²) in [6.45, 7) is 7.42. The number of rotatable bonds is 2. The van der Waals surface area contributed by atoms with E-state index in [9.17, 15) is 4.79 Å². The largest absolute Gasteiger partial charge is 0.444 e. The normalized spacial score (nSPS) is 32.8. The lowest BCUT2D eigenvalue weighted by Gasteiger charge is -2.27. The van der Waals surface area contributed by atoms with E-state index in [1.165, 1.54) is 19.3 Å². The molecule has 1 saturated carbocycles. The molecule has 1 aliphatic carbocycles. The molecule has 2 bridgehead atoms. The van der Waals surface area contributed by atoms with Crippen LogP contribution in [0.1, 0.15) is 40.0 Å². The van der Waals surface area contributed by atoms with Crippen LogP contribution in [0, 0.1) is 5.41 Å². The molecule has 0 aromatic rings. The Morgan fingerprint density at radius 1 is 1.56 bits per heavy atom. The minimum Gasteiger partial charge on any atom is -0.444 e. The first-order valence-electron chi connectivity index (χ1n) is 6.09. The quantitative estimate of drug-likeness (QED) is 0.753. The Bertz CT molecular complexity index is 275. The lowest BCUT2D eigenvalue weighted by atomic mass is 9.88. The van der Waals surface area contributed by atoms with Gasteiger partial charge in [-0.05, 0) is 40.0 Å². The molecule has 0 radical (unpaired) electrons. The number of nitrogens with one attached hydrogen (secondary N) is 2. The molecule has 4 heteroatoms. The summed E-state index contributed by atoms with van der Waals surface area (Å²) >= 11 is 0. The standard InChI is InChI=1S/C12H22N2O2/c1-11(2,3)16-10(15)14-8-12-5-4-9(6-12)13-7-12/h9,13H,4-8H2,1-3H3,(H,14,15). The first kappa shape index (κ1) is 11.7. The van der Waals surface area contributed by atoms with Crippen molar-refractivity contribution in [3.63, 3.8) is 0 Å². The average Bonchev–Trinajstić information content (AvgIpc) is 2.72. The number of hydrogen-bond donors (Lipinski definition) is 2. The molecule has 0 aromatic heterocycles. The smallest absolute Gasteiger partial charge is 0.407 e. The minimum atomic E-state index is -0.409. The molecule has 0 aromatic carbocycles. The lowest BCUT2D eigenvalue weighted by Crippen LogP contribution is -2.41. The summed E-state index contributed by atoms with van der Waals surface area (Å²) in [6.07, 6.45) is 3.37. The Hall–Kier alpha value is -0.770. The summed E-state index contributed by atoms with van der Waals surface area (Å²) in [5.41, 5.74) is -0.116. The van der Waals surface area contributed by atoms with Crippen LogP contribution in [-0.2, 0) is 4.74 Å². The SMILES string of the molecule is CC(C)(C)OC(=O)NCC12CCC(C1)NC2. The van der Waals surface area contributed by atoms with Gasteiger partial charge >= 0.3 is 6.09 Å². The maximum atomic E-state index is 11.5. The first-order valence-corrected chi connectivity index (χ1v) is 6.09. The maximum Gasteiger partial charge on any atom is 0.407 e. The molecule has 1 saturated heterocycles. The second-order valence-electron chi connectivity index (χ2n) is 6.18. The van der Waals surface area contributed by atoms with E-state index in [0.717, 1.165) is 13.1 Å². The van der Waals surface area contributed by atoms with Crippen molar-refractivity contribution in [1.82, 2.24) is 10.6 Å². The summed E-state index contributed by atoms with van der Waals surface area (Å²) in [7, 11) is 0. The molecule has 92 valence electrons. The summed E-state index contributed by atoms with van der Waals surface area (Å²) in [5.74, 6) is 0. The van der Waals surface area contributed by atoms with Gasteiger partial charge in [0, 0.05) is 24.5 Å². The number of fused-ring (bicyclic) bond motifs is 2. The highest BCUT2D eigenvalue weighted by Gasteiger charge is 2.44. The molecular weight excluding hydrogens is 204 g/mol. The van der Waals surface area contributed by atoms with Crippen molar-refractivity contribution < 1.29 is 9.53 Å². The highest BCUT2D eigenvalue weighted by atomic mass is 16.6. The van der Waals surface area contributed by atoms with E-state index in [4.69, 9.17) is 4.74 Å². The van der Waals surface area contributed by atoms with Gasteiger partial charge in [0.2, 0.25) is 0 Å². The van der Waals surface area contributed by atoms with E-state index in [2.05, 4.69) is 10.6 Å². The van der Waals surface area contributed by atoms with E-state index < -0.39 is 5.60 Å². The lowest BCUT2D eigenvalue weighted by molar-refractivity contribution is 0.0503. The van der Waals surface area contributed by atoms with Crippen LogP contribution in [0.3, 0.4) is 0 Å². The molecule has 1 heterocycles. The Morgan fingerprint density at radius 2 is 2.31 bits per heavy atom. The van der Waals surface area contributed by atoms with Gasteiger partial charge in [0.05, 0.1) is 0 Å². The third kappa shape index (κ3) is 2.67. The minimum absolute atomic E-state index is 0.293. The van der Waals surface area contributed by atoms with Crippen LogP contribution in [0.2, 0.25) is 0 Å². The topological polar surface area (TPSA) is 50.4 Å². The van der Waals surface area contributed by atoms with Crippen LogP contribution in [0.25, 0.3) is 0 Å². The van der Waals surface area contributed by atoms with Crippen molar-refractivity contribution in [3.8, 4) is 0 Å². The van der Waals surface area contributed by atoms with Gasteiger partial charge in [0.15, 0.2) is 0 Å². The molecule has 1 amide bonds. The third-order valence-corrected chi connectivity index (χ3v) is 3.47. The highest BCUT2D eigenvalue weighted by molar-refractivity contribution is 5.67. The van der Waals surface area contributed by atoms with Gasteiger partial charge in [0.25, 0.3) is 0 Å². The van der Waals surface area contributed by atoms with Crippen molar-refractivity contribution in [1.29, 1.82) is 0 Å².